The molecule has 0 aliphatic carbocycles. The first-order valence-electron chi connectivity index (χ1n) is 6.23. The maximum Gasteiger partial charge on any atom is 0.272 e. The standard InChI is InChI=1S/C15H17IN2O/c1-10(2)18-8-4-5-14(18)15(19)17-13-9-12(16)7-6-11(13)3/h4-10H,1-3H3,(H,17,19). The van der Waals surface area contributed by atoms with Crippen LogP contribution in [0.1, 0.15) is 35.9 Å². The van der Waals surface area contributed by atoms with Crippen LogP contribution in [0.25, 0.3) is 0 Å². The number of carbonyl (C=O) groups excluding carboxylic acids is 1. The van der Waals surface area contributed by atoms with Gasteiger partial charge in [0.2, 0.25) is 0 Å². The largest absolute Gasteiger partial charge is 0.341 e. The molecule has 0 aliphatic rings. The number of nitrogens with one attached hydrogen (secondary N) is 1. The number of aromatic nitrogens is 1. The van der Waals surface area contributed by atoms with Gasteiger partial charge in [-0.1, -0.05) is 6.07 Å². The summed E-state index contributed by atoms with van der Waals surface area (Å²) in [5.74, 6) is -0.0659. The minimum atomic E-state index is -0.0659. The van der Waals surface area contributed by atoms with Crippen LogP contribution in [0.5, 0.6) is 0 Å². The van der Waals surface area contributed by atoms with Crippen LogP contribution in [0, 0.1) is 10.5 Å². The fourth-order valence-corrected chi connectivity index (χ4v) is 2.44. The zero-order valence-corrected chi connectivity index (χ0v) is 13.4. The van der Waals surface area contributed by atoms with E-state index in [1.165, 1.54) is 0 Å². The van der Waals surface area contributed by atoms with Crippen LogP contribution in [0.15, 0.2) is 36.5 Å². The molecule has 1 heterocycles. The van der Waals surface area contributed by atoms with Crippen molar-refractivity contribution in [3.63, 3.8) is 0 Å². The van der Waals surface area contributed by atoms with E-state index in [4.69, 9.17) is 0 Å². The molecular formula is C15H17IN2O. The number of carbonyl (C=O) groups is 1. The highest BCUT2D eigenvalue weighted by atomic mass is 127. The first-order chi connectivity index (χ1) is 8.99. The van der Waals surface area contributed by atoms with Crippen molar-refractivity contribution in [2.45, 2.75) is 26.8 Å². The molecule has 4 heteroatoms. The Kier molecular flexibility index (Phi) is 4.29. The van der Waals surface area contributed by atoms with E-state index in [-0.39, 0.29) is 11.9 Å². The zero-order valence-electron chi connectivity index (χ0n) is 11.3. The summed E-state index contributed by atoms with van der Waals surface area (Å²) in [6, 6.07) is 10.0. The quantitative estimate of drug-likeness (QED) is 0.809. The molecule has 0 aliphatic heterocycles. The molecule has 1 aromatic carbocycles. The second kappa shape index (κ2) is 5.77. The van der Waals surface area contributed by atoms with Crippen LogP contribution in [0.2, 0.25) is 0 Å². The molecule has 19 heavy (non-hydrogen) atoms. The summed E-state index contributed by atoms with van der Waals surface area (Å²) in [5, 5.41) is 2.98. The maximum absolute atomic E-state index is 12.3. The Morgan fingerprint density at radius 2 is 2.05 bits per heavy atom. The van der Waals surface area contributed by atoms with E-state index in [0.29, 0.717) is 5.69 Å². The van der Waals surface area contributed by atoms with Crippen LogP contribution in [0.3, 0.4) is 0 Å². The molecule has 0 spiro atoms. The lowest BCUT2D eigenvalue weighted by Gasteiger charge is -2.14. The first-order valence-corrected chi connectivity index (χ1v) is 7.31. The average Bonchev–Trinajstić information content (AvgIpc) is 2.83. The van der Waals surface area contributed by atoms with E-state index in [0.717, 1.165) is 14.8 Å². The number of anilines is 1. The van der Waals surface area contributed by atoms with Gasteiger partial charge in [0.15, 0.2) is 0 Å². The lowest BCUT2D eigenvalue weighted by molar-refractivity contribution is 0.101. The Morgan fingerprint density at radius 3 is 2.74 bits per heavy atom. The van der Waals surface area contributed by atoms with Crippen molar-refractivity contribution in [2.24, 2.45) is 0 Å². The molecule has 1 amide bonds. The SMILES string of the molecule is Cc1ccc(I)cc1NC(=O)c1cccn1C(C)C. The number of hydrogen-bond acceptors (Lipinski definition) is 1. The third-order valence-corrected chi connectivity index (χ3v) is 3.69. The Labute approximate surface area is 127 Å². The Balaban J connectivity index is 2.26. The van der Waals surface area contributed by atoms with Crippen LogP contribution in [-0.2, 0) is 0 Å². The summed E-state index contributed by atoms with van der Waals surface area (Å²) in [6.07, 6.45) is 1.93. The summed E-state index contributed by atoms with van der Waals surface area (Å²) in [6.45, 7) is 6.12. The van der Waals surface area contributed by atoms with Gasteiger partial charge in [-0.3, -0.25) is 4.79 Å². The third-order valence-electron chi connectivity index (χ3n) is 3.02. The van der Waals surface area contributed by atoms with Crippen molar-refractivity contribution in [3.05, 3.63) is 51.4 Å². The smallest absolute Gasteiger partial charge is 0.272 e. The molecule has 0 bridgehead atoms. The van der Waals surface area contributed by atoms with Crippen molar-refractivity contribution in [1.29, 1.82) is 0 Å². The Hall–Kier alpha value is -1.30. The van der Waals surface area contributed by atoms with E-state index >= 15 is 0 Å². The average molecular weight is 368 g/mol. The van der Waals surface area contributed by atoms with E-state index < -0.39 is 0 Å². The number of halogens is 1. The topological polar surface area (TPSA) is 34.0 Å². The molecule has 0 saturated heterocycles. The van der Waals surface area contributed by atoms with Gasteiger partial charge in [0.25, 0.3) is 5.91 Å². The molecule has 0 radical (unpaired) electrons. The molecule has 2 rings (SSSR count). The fourth-order valence-electron chi connectivity index (χ4n) is 1.95. The minimum Gasteiger partial charge on any atom is -0.341 e. The number of amides is 1. The van der Waals surface area contributed by atoms with Crippen molar-refractivity contribution in [1.82, 2.24) is 4.57 Å². The second-order valence-electron chi connectivity index (χ2n) is 4.81. The molecule has 100 valence electrons. The first kappa shape index (κ1) is 14.1. The van der Waals surface area contributed by atoms with Gasteiger partial charge in [-0.25, -0.2) is 0 Å². The van der Waals surface area contributed by atoms with Crippen LogP contribution >= 0.6 is 22.6 Å². The second-order valence-corrected chi connectivity index (χ2v) is 6.05. The predicted molar refractivity (Wildman–Crippen MR) is 86.7 cm³/mol. The van der Waals surface area contributed by atoms with E-state index in [1.807, 2.05) is 48.0 Å². The summed E-state index contributed by atoms with van der Waals surface area (Å²) < 4.78 is 3.08. The van der Waals surface area contributed by atoms with Gasteiger partial charge < -0.3 is 9.88 Å². The lowest BCUT2D eigenvalue weighted by Crippen LogP contribution is -2.18. The highest BCUT2D eigenvalue weighted by Crippen LogP contribution is 2.20. The van der Waals surface area contributed by atoms with Gasteiger partial charge in [-0.2, -0.15) is 0 Å². The number of benzene rings is 1. The van der Waals surface area contributed by atoms with Gasteiger partial charge in [-0.05, 0) is 73.2 Å². The number of aryl methyl sites for hydroxylation is 1. The number of rotatable bonds is 3. The maximum atomic E-state index is 12.3. The monoisotopic (exact) mass is 368 g/mol. The van der Waals surface area contributed by atoms with Crippen LogP contribution < -0.4 is 5.32 Å². The number of hydrogen-bond donors (Lipinski definition) is 1. The van der Waals surface area contributed by atoms with Crippen molar-refractivity contribution < 1.29 is 4.79 Å². The number of nitrogens with zero attached hydrogens (tertiary/aromatic N) is 1. The highest BCUT2D eigenvalue weighted by molar-refractivity contribution is 14.1. The highest BCUT2D eigenvalue weighted by Gasteiger charge is 2.13. The molecule has 0 unspecified atom stereocenters. The normalized spacial score (nSPS) is 10.8. The van der Waals surface area contributed by atoms with Crippen molar-refractivity contribution in [2.75, 3.05) is 5.32 Å². The van der Waals surface area contributed by atoms with Gasteiger partial charge >= 0.3 is 0 Å². The van der Waals surface area contributed by atoms with E-state index in [2.05, 4.69) is 41.8 Å². The fraction of sp³-hybridized carbons (Fsp3) is 0.267. The van der Waals surface area contributed by atoms with Crippen molar-refractivity contribution >= 4 is 34.2 Å². The summed E-state index contributed by atoms with van der Waals surface area (Å²) in [4.78, 5) is 12.3. The lowest BCUT2D eigenvalue weighted by atomic mass is 10.2. The molecule has 3 nitrogen and oxygen atoms in total. The Bertz CT molecular complexity index is 602. The predicted octanol–water partition coefficient (Wildman–Crippen LogP) is 4.23. The van der Waals surface area contributed by atoms with Gasteiger partial charge in [-0.15, -0.1) is 0 Å². The molecule has 0 fully saturated rings. The van der Waals surface area contributed by atoms with Gasteiger partial charge in [0.05, 0.1) is 0 Å². The summed E-state index contributed by atoms with van der Waals surface area (Å²) >= 11 is 2.24. The molecule has 0 saturated carbocycles. The van der Waals surface area contributed by atoms with Crippen molar-refractivity contribution in [3.8, 4) is 0 Å². The van der Waals surface area contributed by atoms with Gasteiger partial charge in [0.1, 0.15) is 5.69 Å². The Morgan fingerprint density at radius 1 is 1.32 bits per heavy atom. The van der Waals surface area contributed by atoms with Gasteiger partial charge in [0, 0.05) is 21.5 Å². The molecule has 1 aromatic heterocycles. The van der Waals surface area contributed by atoms with Crippen LogP contribution in [-0.4, -0.2) is 10.5 Å². The van der Waals surface area contributed by atoms with E-state index in [1.54, 1.807) is 0 Å². The molecule has 2 aromatic rings. The van der Waals surface area contributed by atoms with E-state index in [9.17, 15) is 4.79 Å². The minimum absolute atomic E-state index is 0.0659. The third kappa shape index (κ3) is 3.18. The summed E-state index contributed by atoms with van der Waals surface area (Å²) in [7, 11) is 0. The molecule has 0 atom stereocenters. The molecular weight excluding hydrogens is 351 g/mol. The summed E-state index contributed by atoms with van der Waals surface area (Å²) in [5.41, 5.74) is 2.62. The van der Waals surface area contributed by atoms with Crippen LogP contribution in [0.4, 0.5) is 5.69 Å². The molecule has 1 N–H and O–H groups in total. The zero-order chi connectivity index (χ0) is 14.0.